The van der Waals surface area contributed by atoms with Crippen molar-refractivity contribution in [3.05, 3.63) is 29.0 Å². The number of aryl methyl sites for hydroxylation is 2. The Morgan fingerprint density at radius 3 is 2.71 bits per heavy atom. The number of aromatic hydroxyl groups is 1. The monoisotopic (exact) mass is 189 g/mol. The second-order valence-corrected chi connectivity index (χ2v) is 3.49. The first-order valence-corrected chi connectivity index (χ1v) is 4.40. The molecule has 0 radical (unpaired) electrons. The normalized spacial score (nSPS) is 10.7. The number of aromatic amines is 1. The summed E-state index contributed by atoms with van der Waals surface area (Å²) in [6.45, 7) is 3.77. The van der Waals surface area contributed by atoms with Crippen molar-refractivity contribution >= 4 is 17.2 Å². The Labute approximate surface area is 81.4 Å². The summed E-state index contributed by atoms with van der Waals surface area (Å²) in [5, 5.41) is 10.5. The highest BCUT2D eigenvalue weighted by molar-refractivity contribution is 5.95. The van der Waals surface area contributed by atoms with Gasteiger partial charge in [0.25, 0.3) is 0 Å². The predicted octanol–water partition coefficient (Wildman–Crippen LogP) is 2.30. The number of rotatable bonds is 1. The van der Waals surface area contributed by atoms with Crippen molar-refractivity contribution in [2.45, 2.75) is 13.8 Å². The van der Waals surface area contributed by atoms with Crippen LogP contribution in [0.4, 0.5) is 0 Å². The second kappa shape index (κ2) is 2.87. The van der Waals surface area contributed by atoms with E-state index >= 15 is 0 Å². The Kier molecular flexibility index (Phi) is 1.81. The predicted molar refractivity (Wildman–Crippen MR) is 54.8 cm³/mol. The van der Waals surface area contributed by atoms with Crippen molar-refractivity contribution in [3.63, 3.8) is 0 Å². The largest absolute Gasteiger partial charge is 0.506 e. The molecular formula is C11H11NO2. The third kappa shape index (κ3) is 1.09. The molecule has 0 saturated heterocycles. The average Bonchev–Trinajstić information content (AvgIpc) is 2.44. The maximum Gasteiger partial charge on any atom is 0.166 e. The fourth-order valence-electron chi connectivity index (χ4n) is 1.69. The topological polar surface area (TPSA) is 53.1 Å². The Morgan fingerprint density at radius 1 is 1.36 bits per heavy atom. The van der Waals surface area contributed by atoms with Crippen molar-refractivity contribution in [2.24, 2.45) is 0 Å². The molecule has 1 aromatic carbocycles. The van der Waals surface area contributed by atoms with Gasteiger partial charge in [-0.1, -0.05) is 0 Å². The van der Waals surface area contributed by atoms with Crippen LogP contribution >= 0.6 is 0 Å². The van der Waals surface area contributed by atoms with Gasteiger partial charge in [-0.25, -0.2) is 0 Å². The summed E-state index contributed by atoms with van der Waals surface area (Å²) in [7, 11) is 0. The van der Waals surface area contributed by atoms with Crippen molar-refractivity contribution in [1.82, 2.24) is 4.98 Å². The molecule has 0 aliphatic carbocycles. The second-order valence-electron chi connectivity index (χ2n) is 3.49. The van der Waals surface area contributed by atoms with Crippen LogP contribution in [0.15, 0.2) is 12.1 Å². The summed E-state index contributed by atoms with van der Waals surface area (Å²) < 4.78 is 0. The van der Waals surface area contributed by atoms with Gasteiger partial charge in [-0.05, 0) is 37.1 Å². The highest BCUT2D eigenvalue weighted by Gasteiger charge is 2.10. The minimum absolute atomic E-state index is 0.191. The van der Waals surface area contributed by atoms with E-state index in [1.54, 1.807) is 6.07 Å². The Balaban J connectivity index is 2.91. The van der Waals surface area contributed by atoms with Crippen LogP contribution in [0.25, 0.3) is 10.9 Å². The van der Waals surface area contributed by atoms with Gasteiger partial charge in [-0.3, -0.25) is 4.79 Å². The number of fused-ring (bicyclic) bond motifs is 1. The Morgan fingerprint density at radius 2 is 2.07 bits per heavy atom. The van der Waals surface area contributed by atoms with Crippen LogP contribution in [0.2, 0.25) is 0 Å². The first kappa shape index (κ1) is 8.81. The van der Waals surface area contributed by atoms with Crippen LogP contribution < -0.4 is 0 Å². The van der Waals surface area contributed by atoms with E-state index in [1.165, 1.54) is 0 Å². The first-order valence-electron chi connectivity index (χ1n) is 4.40. The number of benzene rings is 1. The number of phenols is 1. The van der Waals surface area contributed by atoms with E-state index in [9.17, 15) is 9.90 Å². The van der Waals surface area contributed by atoms with Crippen LogP contribution in [-0.2, 0) is 0 Å². The summed E-state index contributed by atoms with van der Waals surface area (Å²) >= 11 is 0. The molecule has 2 aromatic rings. The van der Waals surface area contributed by atoms with Gasteiger partial charge in [0, 0.05) is 5.39 Å². The van der Waals surface area contributed by atoms with E-state index in [4.69, 9.17) is 0 Å². The maximum absolute atomic E-state index is 10.7. The smallest absolute Gasteiger partial charge is 0.166 e. The van der Waals surface area contributed by atoms with Crippen molar-refractivity contribution < 1.29 is 9.90 Å². The number of nitrogens with one attached hydrogen (secondary N) is 1. The van der Waals surface area contributed by atoms with Crippen molar-refractivity contribution in [2.75, 3.05) is 0 Å². The number of H-pyrrole nitrogens is 1. The molecule has 0 fully saturated rings. The molecule has 14 heavy (non-hydrogen) atoms. The van der Waals surface area contributed by atoms with E-state index in [-0.39, 0.29) is 5.75 Å². The molecule has 72 valence electrons. The average molecular weight is 189 g/mol. The third-order valence-electron chi connectivity index (χ3n) is 2.45. The third-order valence-corrected chi connectivity index (χ3v) is 2.45. The van der Waals surface area contributed by atoms with E-state index < -0.39 is 0 Å². The fourth-order valence-corrected chi connectivity index (χ4v) is 1.69. The molecule has 0 bridgehead atoms. The quantitative estimate of drug-likeness (QED) is 0.676. The zero-order valence-electron chi connectivity index (χ0n) is 8.09. The summed E-state index contributed by atoms with van der Waals surface area (Å²) in [6.07, 6.45) is 0.768. The van der Waals surface area contributed by atoms with Gasteiger partial charge < -0.3 is 10.1 Å². The molecule has 0 unspecified atom stereocenters. The Bertz CT molecular complexity index is 511. The zero-order chi connectivity index (χ0) is 10.3. The zero-order valence-corrected chi connectivity index (χ0v) is 8.09. The van der Waals surface area contributed by atoms with Gasteiger partial charge in [0.15, 0.2) is 6.29 Å². The molecule has 0 aliphatic rings. The first-order chi connectivity index (χ1) is 6.63. The van der Waals surface area contributed by atoms with Crippen LogP contribution in [0.3, 0.4) is 0 Å². The molecule has 0 atom stereocenters. The Hall–Kier alpha value is -1.77. The molecule has 2 N–H and O–H groups in total. The minimum Gasteiger partial charge on any atom is -0.506 e. The SMILES string of the molecule is Cc1cc(O)c2[nH]c(C=O)c(C)c2c1. The highest BCUT2D eigenvalue weighted by atomic mass is 16.3. The molecule has 1 heterocycles. The number of hydrogen-bond acceptors (Lipinski definition) is 2. The molecule has 0 saturated carbocycles. The van der Waals surface area contributed by atoms with E-state index in [1.807, 2.05) is 19.9 Å². The lowest BCUT2D eigenvalue weighted by atomic mass is 10.1. The number of aldehydes is 1. The van der Waals surface area contributed by atoms with Gasteiger partial charge in [-0.2, -0.15) is 0 Å². The molecule has 1 aromatic heterocycles. The number of carbonyl (C=O) groups is 1. The van der Waals surface area contributed by atoms with Gasteiger partial charge in [-0.15, -0.1) is 0 Å². The fraction of sp³-hybridized carbons (Fsp3) is 0.182. The number of carbonyl (C=O) groups excluding carboxylic acids is 1. The van der Waals surface area contributed by atoms with Gasteiger partial charge in [0.2, 0.25) is 0 Å². The van der Waals surface area contributed by atoms with Gasteiger partial charge >= 0.3 is 0 Å². The summed E-state index contributed by atoms with van der Waals surface area (Å²) in [5.41, 5.74) is 3.03. The molecule has 3 heteroatoms. The molecule has 2 rings (SSSR count). The van der Waals surface area contributed by atoms with Crippen LogP contribution in [-0.4, -0.2) is 16.4 Å². The summed E-state index contributed by atoms with van der Waals surface area (Å²) in [4.78, 5) is 13.6. The van der Waals surface area contributed by atoms with E-state index in [0.717, 1.165) is 22.8 Å². The number of phenolic OH excluding ortho intramolecular Hbond substituents is 1. The minimum atomic E-state index is 0.191. The molecule has 0 spiro atoms. The molecular weight excluding hydrogens is 178 g/mol. The van der Waals surface area contributed by atoms with Crippen LogP contribution in [0.1, 0.15) is 21.6 Å². The van der Waals surface area contributed by atoms with E-state index in [2.05, 4.69) is 4.98 Å². The summed E-state index contributed by atoms with van der Waals surface area (Å²) in [6, 6.07) is 3.63. The van der Waals surface area contributed by atoms with Crippen molar-refractivity contribution in [1.29, 1.82) is 0 Å². The highest BCUT2D eigenvalue weighted by Crippen LogP contribution is 2.29. The van der Waals surface area contributed by atoms with Gasteiger partial charge in [0.05, 0.1) is 11.2 Å². The lowest BCUT2D eigenvalue weighted by Crippen LogP contribution is -1.80. The molecule has 0 aliphatic heterocycles. The lowest BCUT2D eigenvalue weighted by Gasteiger charge is -1.97. The standard InChI is InChI=1S/C11H11NO2/c1-6-3-8-7(2)9(5-13)12-11(8)10(14)4-6/h3-5,12,14H,1-2H3. The summed E-state index contributed by atoms with van der Waals surface area (Å²) in [5.74, 6) is 0.191. The van der Waals surface area contributed by atoms with Crippen molar-refractivity contribution in [3.8, 4) is 5.75 Å². The molecule has 0 amide bonds. The van der Waals surface area contributed by atoms with Crippen LogP contribution in [0.5, 0.6) is 5.75 Å². The number of hydrogen-bond donors (Lipinski definition) is 2. The van der Waals surface area contributed by atoms with E-state index in [0.29, 0.717) is 11.2 Å². The van der Waals surface area contributed by atoms with Crippen LogP contribution in [0, 0.1) is 13.8 Å². The lowest BCUT2D eigenvalue weighted by molar-refractivity contribution is 0.111. The van der Waals surface area contributed by atoms with Gasteiger partial charge in [0.1, 0.15) is 5.75 Å². The maximum atomic E-state index is 10.7. The molecule has 3 nitrogen and oxygen atoms in total. The number of aromatic nitrogens is 1.